The molecule has 0 heterocycles. The molecule has 0 aliphatic carbocycles. The zero-order valence-corrected chi connectivity index (χ0v) is 27.6. The smallest absolute Gasteiger partial charge is 0.222 e. The number of allylic oxidation sites excluding steroid dienone is 5. The van der Waals surface area contributed by atoms with Gasteiger partial charge in [-0.2, -0.15) is 0 Å². The van der Waals surface area contributed by atoms with E-state index in [1.54, 1.807) is 6.08 Å². The van der Waals surface area contributed by atoms with Crippen LogP contribution in [0.5, 0.6) is 0 Å². The summed E-state index contributed by atoms with van der Waals surface area (Å²) in [6, 6.07) is -0.762. The summed E-state index contributed by atoms with van der Waals surface area (Å²) in [5, 5.41) is 32.9. The maximum atomic E-state index is 12.3. The van der Waals surface area contributed by atoms with E-state index in [1.807, 2.05) is 6.08 Å². The highest BCUT2D eigenvalue weighted by atomic mass is 16.3. The van der Waals surface area contributed by atoms with Gasteiger partial charge in [0.05, 0.1) is 31.3 Å². The van der Waals surface area contributed by atoms with Gasteiger partial charge < -0.3 is 20.6 Å². The second-order valence-corrected chi connectivity index (χ2v) is 12.1. The molecule has 0 saturated carbocycles. The topological polar surface area (TPSA) is 89.8 Å². The van der Waals surface area contributed by atoms with Crippen LogP contribution in [0.15, 0.2) is 36.5 Å². The highest BCUT2D eigenvalue weighted by Crippen LogP contribution is 2.13. The Morgan fingerprint density at radius 2 is 1.02 bits per heavy atom. The Labute approximate surface area is 260 Å². The number of carbonyl (C=O) groups excluding carboxylic acids is 1. The van der Waals surface area contributed by atoms with Gasteiger partial charge in [0.2, 0.25) is 5.91 Å². The molecular formula is C37H69NO4. The molecule has 42 heavy (non-hydrogen) atoms. The van der Waals surface area contributed by atoms with Crippen LogP contribution in [0, 0.1) is 0 Å². The molecule has 0 aromatic heterocycles. The maximum absolute atomic E-state index is 12.3. The van der Waals surface area contributed by atoms with Crippen molar-refractivity contribution in [2.24, 2.45) is 0 Å². The quantitative estimate of drug-likeness (QED) is 0.0478. The third-order valence-corrected chi connectivity index (χ3v) is 7.91. The van der Waals surface area contributed by atoms with Gasteiger partial charge in [0, 0.05) is 0 Å². The molecule has 3 atom stereocenters. The molecule has 3 unspecified atom stereocenters. The van der Waals surface area contributed by atoms with Crippen molar-refractivity contribution in [3.05, 3.63) is 36.5 Å². The summed E-state index contributed by atoms with van der Waals surface area (Å²) >= 11 is 0. The molecular weight excluding hydrogens is 522 g/mol. The van der Waals surface area contributed by atoms with Gasteiger partial charge >= 0.3 is 0 Å². The second kappa shape index (κ2) is 32.5. The number of aliphatic hydroxyl groups excluding tert-OH is 3. The lowest BCUT2D eigenvalue weighted by atomic mass is 10.0. The lowest BCUT2D eigenvalue weighted by Crippen LogP contribution is -2.45. The van der Waals surface area contributed by atoms with E-state index in [-0.39, 0.29) is 18.9 Å². The lowest BCUT2D eigenvalue weighted by molar-refractivity contribution is -0.124. The van der Waals surface area contributed by atoms with Gasteiger partial charge in [-0.15, -0.1) is 0 Å². The summed E-state index contributed by atoms with van der Waals surface area (Å²) in [7, 11) is 0. The van der Waals surface area contributed by atoms with Crippen LogP contribution in [0.2, 0.25) is 0 Å². The Bertz CT molecular complexity index is 660. The number of hydrogen-bond donors (Lipinski definition) is 4. The molecule has 1 amide bonds. The van der Waals surface area contributed by atoms with Crippen LogP contribution in [0.4, 0.5) is 0 Å². The maximum Gasteiger partial charge on any atom is 0.222 e. The number of nitrogens with one attached hydrogen (secondary N) is 1. The normalized spacial score (nSPS) is 14.3. The molecule has 5 heteroatoms. The Morgan fingerprint density at radius 1 is 0.595 bits per heavy atom. The van der Waals surface area contributed by atoms with Gasteiger partial charge in [-0.1, -0.05) is 153 Å². The highest BCUT2D eigenvalue weighted by Gasteiger charge is 2.20. The second-order valence-electron chi connectivity index (χ2n) is 12.1. The van der Waals surface area contributed by atoms with E-state index in [2.05, 4.69) is 43.5 Å². The summed E-state index contributed by atoms with van der Waals surface area (Å²) in [6.45, 7) is 4.15. The molecule has 0 aromatic rings. The SMILES string of the molecule is CCCCCCCCCC/C=C/CC/C=C/CC/C=C/C(O)C(CO)NC(=O)CC(O)CCCCCCCCCCC. The Kier molecular flexibility index (Phi) is 31.4. The molecule has 5 nitrogen and oxygen atoms in total. The first-order chi connectivity index (χ1) is 20.5. The van der Waals surface area contributed by atoms with Crippen LogP contribution in [0.1, 0.15) is 168 Å². The predicted octanol–water partition coefficient (Wildman–Crippen LogP) is 9.26. The fourth-order valence-electron chi connectivity index (χ4n) is 5.13. The van der Waals surface area contributed by atoms with Crippen molar-refractivity contribution in [2.45, 2.75) is 186 Å². The minimum atomic E-state index is -0.955. The molecule has 0 aliphatic rings. The van der Waals surface area contributed by atoms with Gasteiger partial charge in [-0.3, -0.25) is 4.79 Å². The highest BCUT2D eigenvalue weighted by molar-refractivity contribution is 5.76. The number of rotatable bonds is 31. The zero-order chi connectivity index (χ0) is 30.9. The minimum absolute atomic E-state index is 0.00310. The minimum Gasteiger partial charge on any atom is -0.394 e. The number of aliphatic hydroxyl groups is 3. The molecule has 0 bridgehead atoms. The van der Waals surface area contributed by atoms with E-state index in [9.17, 15) is 20.1 Å². The molecule has 0 fully saturated rings. The van der Waals surface area contributed by atoms with Crippen molar-refractivity contribution >= 4 is 5.91 Å². The average molecular weight is 592 g/mol. The van der Waals surface area contributed by atoms with Crippen molar-refractivity contribution in [3.8, 4) is 0 Å². The summed E-state index contributed by atoms with van der Waals surface area (Å²) in [5.41, 5.74) is 0. The standard InChI is InChI=1S/C37H69NO4/c1-3-5-7-9-11-13-14-15-16-17-18-19-20-21-23-25-27-29-31-36(41)35(33-39)38-37(42)32-34(40)30-28-26-24-22-12-10-8-6-4-2/h17-18,21,23,29,31,34-36,39-41H,3-16,19-20,22,24-28,30,32-33H2,1-2H3,(H,38,42)/b18-17+,23-21+,31-29+. The van der Waals surface area contributed by atoms with E-state index >= 15 is 0 Å². The number of unbranched alkanes of at least 4 members (excludes halogenated alkanes) is 18. The van der Waals surface area contributed by atoms with Crippen molar-refractivity contribution in [1.29, 1.82) is 0 Å². The summed E-state index contributed by atoms with van der Waals surface area (Å²) < 4.78 is 0. The first-order valence-corrected chi connectivity index (χ1v) is 17.8. The van der Waals surface area contributed by atoms with Crippen LogP contribution in [0.3, 0.4) is 0 Å². The molecule has 246 valence electrons. The van der Waals surface area contributed by atoms with E-state index < -0.39 is 18.2 Å². The van der Waals surface area contributed by atoms with E-state index in [0.717, 1.165) is 38.5 Å². The third-order valence-electron chi connectivity index (χ3n) is 7.91. The van der Waals surface area contributed by atoms with Crippen LogP contribution < -0.4 is 5.32 Å². The van der Waals surface area contributed by atoms with Crippen LogP contribution in [0.25, 0.3) is 0 Å². The third kappa shape index (κ3) is 28.7. The zero-order valence-electron chi connectivity index (χ0n) is 27.6. The van der Waals surface area contributed by atoms with Gasteiger partial charge in [-0.25, -0.2) is 0 Å². The van der Waals surface area contributed by atoms with Crippen molar-refractivity contribution in [2.75, 3.05) is 6.61 Å². The lowest BCUT2D eigenvalue weighted by Gasteiger charge is -2.21. The Balaban J connectivity index is 3.83. The van der Waals surface area contributed by atoms with Crippen LogP contribution in [-0.2, 0) is 4.79 Å². The van der Waals surface area contributed by atoms with E-state index in [1.165, 1.54) is 103 Å². The van der Waals surface area contributed by atoms with Crippen LogP contribution in [-0.4, -0.2) is 46.1 Å². The fourth-order valence-corrected chi connectivity index (χ4v) is 5.13. The first kappa shape index (κ1) is 40.6. The molecule has 0 spiro atoms. The largest absolute Gasteiger partial charge is 0.394 e. The Morgan fingerprint density at radius 3 is 1.52 bits per heavy atom. The number of carbonyl (C=O) groups is 1. The summed E-state index contributed by atoms with van der Waals surface area (Å²) in [4.78, 5) is 12.3. The van der Waals surface area contributed by atoms with Gasteiger partial charge in [0.25, 0.3) is 0 Å². The molecule has 0 radical (unpaired) electrons. The molecule has 4 N–H and O–H groups in total. The molecule has 0 aromatic carbocycles. The molecule has 0 aliphatic heterocycles. The molecule has 0 saturated heterocycles. The summed E-state index contributed by atoms with van der Waals surface area (Å²) in [6.07, 6.45) is 38.4. The Hall–Kier alpha value is -1.43. The molecule has 0 rings (SSSR count). The van der Waals surface area contributed by atoms with Crippen molar-refractivity contribution in [3.63, 3.8) is 0 Å². The van der Waals surface area contributed by atoms with E-state index in [0.29, 0.717) is 6.42 Å². The number of amides is 1. The van der Waals surface area contributed by atoms with Crippen molar-refractivity contribution < 1.29 is 20.1 Å². The van der Waals surface area contributed by atoms with E-state index in [4.69, 9.17) is 0 Å². The van der Waals surface area contributed by atoms with Gasteiger partial charge in [0.1, 0.15) is 0 Å². The van der Waals surface area contributed by atoms with Crippen molar-refractivity contribution in [1.82, 2.24) is 5.32 Å². The van der Waals surface area contributed by atoms with Gasteiger partial charge in [0.15, 0.2) is 0 Å². The predicted molar refractivity (Wildman–Crippen MR) is 181 cm³/mol. The first-order valence-electron chi connectivity index (χ1n) is 17.8. The average Bonchev–Trinajstić information content (AvgIpc) is 2.98. The monoisotopic (exact) mass is 592 g/mol. The summed E-state index contributed by atoms with van der Waals surface area (Å²) in [5.74, 6) is -0.334. The number of hydrogen-bond acceptors (Lipinski definition) is 4. The van der Waals surface area contributed by atoms with Crippen LogP contribution >= 0.6 is 0 Å². The fraction of sp³-hybridized carbons (Fsp3) is 0.811. The van der Waals surface area contributed by atoms with Gasteiger partial charge in [-0.05, 0) is 44.9 Å².